The Bertz CT molecular complexity index is 1290. The summed E-state index contributed by atoms with van der Waals surface area (Å²) in [5, 5.41) is 3.01. The molecule has 3 aromatic carbocycles. The molecule has 3 aromatic rings. The normalized spacial score (nSPS) is 17.0. The summed E-state index contributed by atoms with van der Waals surface area (Å²) in [6.07, 6.45) is 0.586. The van der Waals surface area contributed by atoms with Gasteiger partial charge < -0.3 is 33.9 Å². The van der Waals surface area contributed by atoms with Gasteiger partial charge in [0.05, 0.1) is 53.2 Å². The Morgan fingerprint density at radius 3 is 2.05 bits per heavy atom. The van der Waals surface area contributed by atoms with Crippen molar-refractivity contribution in [1.82, 2.24) is 0 Å². The van der Waals surface area contributed by atoms with E-state index in [0.717, 1.165) is 5.56 Å². The molecule has 0 aromatic heterocycles. The van der Waals surface area contributed by atoms with Gasteiger partial charge in [-0.15, -0.1) is 0 Å². The fourth-order valence-electron chi connectivity index (χ4n) is 4.76. The van der Waals surface area contributed by atoms with Crippen LogP contribution in [0.25, 0.3) is 0 Å². The predicted octanol–water partition coefficient (Wildman–Crippen LogP) is 4.85. The molecule has 1 heterocycles. The van der Waals surface area contributed by atoms with Gasteiger partial charge in [-0.2, -0.15) is 0 Å². The van der Waals surface area contributed by atoms with E-state index in [1.54, 1.807) is 69.7 Å². The summed E-state index contributed by atoms with van der Waals surface area (Å²) in [6, 6.07) is 17.2. The average Bonchev–Trinajstić information content (AvgIpc) is 2.96. The Kier molecular flexibility index (Phi) is 8.25. The molecular formula is C29H32N2O7. The second kappa shape index (κ2) is 11.8. The van der Waals surface area contributed by atoms with E-state index in [2.05, 4.69) is 5.32 Å². The first-order valence-electron chi connectivity index (χ1n) is 12.1. The fraction of sp³-hybridized carbons (Fsp3) is 0.310. The topological polar surface area (TPSA) is 95.6 Å². The summed E-state index contributed by atoms with van der Waals surface area (Å²) in [4.78, 5) is 28.9. The Balaban J connectivity index is 1.77. The second-order valence-corrected chi connectivity index (χ2v) is 8.72. The third kappa shape index (κ3) is 5.32. The number of rotatable bonds is 9. The Morgan fingerprint density at radius 1 is 0.763 bits per heavy atom. The number of piperidine rings is 1. The minimum absolute atomic E-state index is 0.0824. The number of benzene rings is 3. The second-order valence-electron chi connectivity index (χ2n) is 8.72. The summed E-state index contributed by atoms with van der Waals surface area (Å²) < 4.78 is 27.0. The molecule has 38 heavy (non-hydrogen) atoms. The lowest BCUT2D eigenvalue weighted by Gasteiger charge is -2.41. The van der Waals surface area contributed by atoms with Crippen molar-refractivity contribution in [3.05, 3.63) is 66.2 Å². The van der Waals surface area contributed by atoms with Crippen LogP contribution in [0.3, 0.4) is 0 Å². The van der Waals surface area contributed by atoms with Crippen LogP contribution in [0.4, 0.5) is 11.4 Å². The number of anilines is 2. The van der Waals surface area contributed by atoms with Crippen LogP contribution in [0.5, 0.6) is 28.7 Å². The highest BCUT2D eigenvalue weighted by Gasteiger charge is 2.42. The van der Waals surface area contributed by atoms with Crippen molar-refractivity contribution >= 4 is 23.2 Å². The van der Waals surface area contributed by atoms with Crippen molar-refractivity contribution in [1.29, 1.82) is 0 Å². The molecule has 9 nitrogen and oxygen atoms in total. The molecule has 0 aliphatic carbocycles. The summed E-state index contributed by atoms with van der Waals surface area (Å²) in [5.74, 6) is 1.92. The number of nitrogens with one attached hydrogen (secondary N) is 1. The van der Waals surface area contributed by atoms with Gasteiger partial charge in [0.25, 0.3) is 0 Å². The predicted molar refractivity (Wildman–Crippen MR) is 144 cm³/mol. The van der Waals surface area contributed by atoms with Crippen LogP contribution in [0.1, 0.15) is 24.4 Å². The van der Waals surface area contributed by atoms with Crippen LogP contribution in [-0.2, 0) is 9.59 Å². The number of methoxy groups -OCH3 is 5. The number of carbonyl (C=O) groups is 2. The molecule has 1 aliphatic heterocycles. The first-order valence-corrected chi connectivity index (χ1v) is 12.1. The van der Waals surface area contributed by atoms with E-state index in [-0.39, 0.29) is 18.2 Å². The quantitative estimate of drug-likeness (QED) is 0.431. The van der Waals surface area contributed by atoms with Crippen molar-refractivity contribution in [3.8, 4) is 28.7 Å². The van der Waals surface area contributed by atoms with Gasteiger partial charge in [-0.25, -0.2) is 0 Å². The molecule has 1 saturated heterocycles. The van der Waals surface area contributed by atoms with Gasteiger partial charge in [-0.3, -0.25) is 9.59 Å². The Morgan fingerprint density at radius 2 is 1.42 bits per heavy atom. The summed E-state index contributed by atoms with van der Waals surface area (Å²) in [5.41, 5.74) is 1.92. The zero-order chi connectivity index (χ0) is 27.2. The first kappa shape index (κ1) is 26.7. The van der Waals surface area contributed by atoms with E-state index in [9.17, 15) is 9.59 Å². The van der Waals surface area contributed by atoms with Gasteiger partial charge >= 0.3 is 0 Å². The lowest BCUT2D eigenvalue weighted by Crippen LogP contribution is -2.47. The molecule has 200 valence electrons. The van der Waals surface area contributed by atoms with Gasteiger partial charge in [0.2, 0.25) is 11.8 Å². The summed E-state index contributed by atoms with van der Waals surface area (Å²) in [7, 11) is 7.79. The van der Waals surface area contributed by atoms with E-state index >= 15 is 0 Å². The minimum Gasteiger partial charge on any atom is -0.497 e. The van der Waals surface area contributed by atoms with Crippen LogP contribution in [0.2, 0.25) is 0 Å². The molecule has 1 N–H and O–H groups in total. The largest absolute Gasteiger partial charge is 0.497 e. The summed E-state index contributed by atoms with van der Waals surface area (Å²) in [6.45, 7) is 0. The SMILES string of the molecule is COc1ccc(N2C(=O)CCC(C(=O)Nc3ccc(OC)cc3OC)C2c2ccc(OC)c(OC)c2)cc1. The molecule has 1 fully saturated rings. The van der Waals surface area contributed by atoms with Crippen LogP contribution in [-0.4, -0.2) is 47.4 Å². The molecule has 0 saturated carbocycles. The maximum absolute atomic E-state index is 13.8. The van der Waals surface area contributed by atoms with Gasteiger partial charge in [-0.05, 0) is 60.5 Å². The molecule has 4 rings (SSSR count). The van der Waals surface area contributed by atoms with Crippen LogP contribution in [0.15, 0.2) is 60.7 Å². The molecule has 2 amide bonds. The van der Waals surface area contributed by atoms with Gasteiger partial charge in [-0.1, -0.05) is 6.07 Å². The van der Waals surface area contributed by atoms with E-state index in [4.69, 9.17) is 23.7 Å². The molecule has 9 heteroatoms. The van der Waals surface area contributed by atoms with Gasteiger partial charge in [0, 0.05) is 18.2 Å². The van der Waals surface area contributed by atoms with E-state index in [1.807, 2.05) is 24.3 Å². The van der Waals surface area contributed by atoms with Crippen molar-refractivity contribution in [2.75, 3.05) is 45.8 Å². The first-order chi connectivity index (χ1) is 18.4. The van der Waals surface area contributed by atoms with Crippen molar-refractivity contribution in [3.63, 3.8) is 0 Å². The van der Waals surface area contributed by atoms with Gasteiger partial charge in [0.15, 0.2) is 11.5 Å². The Hall–Kier alpha value is -4.40. The standard InChI is InChI=1S/C29H32N2O7/c1-34-20-9-7-19(8-10-20)31-27(32)15-12-22(28(31)18-6-14-24(36-3)26(16-18)38-5)29(33)30-23-13-11-21(35-2)17-25(23)37-4/h6-11,13-14,16-17,22,28H,12,15H2,1-5H3,(H,30,33). The van der Waals surface area contributed by atoms with Crippen molar-refractivity contribution < 1.29 is 33.3 Å². The highest BCUT2D eigenvalue weighted by atomic mass is 16.5. The maximum Gasteiger partial charge on any atom is 0.230 e. The van der Waals surface area contributed by atoms with Crippen molar-refractivity contribution in [2.45, 2.75) is 18.9 Å². The number of ether oxygens (including phenoxy) is 5. The molecular weight excluding hydrogens is 488 g/mol. The number of hydrogen-bond donors (Lipinski definition) is 1. The molecule has 2 unspecified atom stereocenters. The Labute approximate surface area is 222 Å². The zero-order valence-corrected chi connectivity index (χ0v) is 22.1. The highest BCUT2D eigenvalue weighted by molar-refractivity contribution is 6.00. The van der Waals surface area contributed by atoms with Crippen LogP contribution >= 0.6 is 0 Å². The lowest BCUT2D eigenvalue weighted by molar-refractivity contribution is -0.126. The molecule has 2 atom stereocenters. The minimum atomic E-state index is -0.603. The van der Waals surface area contributed by atoms with E-state index in [0.29, 0.717) is 46.5 Å². The smallest absolute Gasteiger partial charge is 0.230 e. The summed E-state index contributed by atoms with van der Waals surface area (Å²) >= 11 is 0. The molecule has 0 bridgehead atoms. The number of nitrogens with zero attached hydrogens (tertiary/aromatic N) is 1. The van der Waals surface area contributed by atoms with E-state index in [1.165, 1.54) is 7.11 Å². The third-order valence-electron chi connectivity index (χ3n) is 6.70. The number of carbonyl (C=O) groups excluding carboxylic acids is 2. The highest BCUT2D eigenvalue weighted by Crippen LogP contribution is 2.43. The van der Waals surface area contributed by atoms with Crippen molar-refractivity contribution in [2.24, 2.45) is 5.92 Å². The molecule has 0 spiro atoms. The lowest BCUT2D eigenvalue weighted by atomic mass is 9.83. The fourth-order valence-corrected chi connectivity index (χ4v) is 4.76. The molecule has 1 aliphatic rings. The van der Waals surface area contributed by atoms with E-state index < -0.39 is 12.0 Å². The average molecular weight is 521 g/mol. The number of hydrogen-bond acceptors (Lipinski definition) is 7. The number of amides is 2. The zero-order valence-electron chi connectivity index (χ0n) is 22.1. The third-order valence-corrected chi connectivity index (χ3v) is 6.70. The monoisotopic (exact) mass is 520 g/mol. The molecule has 0 radical (unpaired) electrons. The van der Waals surface area contributed by atoms with Crippen LogP contribution in [0, 0.1) is 5.92 Å². The maximum atomic E-state index is 13.8. The van der Waals surface area contributed by atoms with Crippen LogP contribution < -0.4 is 33.9 Å². The van der Waals surface area contributed by atoms with Gasteiger partial charge in [0.1, 0.15) is 17.2 Å².